The second-order valence-electron chi connectivity index (χ2n) is 3.38. The molecule has 1 atom stereocenters. The van der Waals surface area contributed by atoms with Crippen LogP contribution < -0.4 is 0 Å². The molecule has 0 aliphatic carbocycles. The fourth-order valence-electron chi connectivity index (χ4n) is 1.49. The van der Waals surface area contributed by atoms with E-state index in [9.17, 15) is 4.79 Å². The van der Waals surface area contributed by atoms with Crippen LogP contribution in [0.15, 0.2) is 0 Å². The summed E-state index contributed by atoms with van der Waals surface area (Å²) in [4.78, 5) is 15.3. The summed E-state index contributed by atoms with van der Waals surface area (Å²) in [6.07, 6.45) is 2.14. The largest absolute Gasteiger partial charge is 0.344 e. The highest BCUT2D eigenvalue weighted by atomic mass is 16.2. The third-order valence-electron chi connectivity index (χ3n) is 2.26. The number of hydrogen-bond donors (Lipinski definition) is 0. The number of piperidine rings is 1. The van der Waals surface area contributed by atoms with E-state index < -0.39 is 0 Å². The summed E-state index contributed by atoms with van der Waals surface area (Å²) >= 11 is 0. The van der Waals surface area contributed by atoms with Gasteiger partial charge in [-0.2, -0.15) is 0 Å². The molecule has 1 unspecified atom stereocenters. The van der Waals surface area contributed by atoms with Crippen molar-refractivity contribution in [3.63, 3.8) is 0 Å². The summed E-state index contributed by atoms with van der Waals surface area (Å²) in [5.41, 5.74) is 0. The van der Waals surface area contributed by atoms with Gasteiger partial charge in [-0.25, -0.2) is 0 Å². The summed E-state index contributed by atoms with van der Waals surface area (Å²) in [7, 11) is 5.79. The van der Waals surface area contributed by atoms with Gasteiger partial charge in [-0.3, -0.25) is 9.69 Å². The molecular formula is C8H16N2O. The highest BCUT2D eigenvalue weighted by Gasteiger charge is 2.27. The number of carbonyl (C=O) groups is 1. The monoisotopic (exact) mass is 156 g/mol. The second-order valence-corrected chi connectivity index (χ2v) is 3.38. The number of hydrogen-bond acceptors (Lipinski definition) is 2. The van der Waals surface area contributed by atoms with Crippen molar-refractivity contribution in [1.82, 2.24) is 9.80 Å². The summed E-state index contributed by atoms with van der Waals surface area (Å²) in [6, 6.07) is 0.119. The normalized spacial score (nSPS) is 26.4. The Kier molecular flexibility index (Phi) is 2.49. The van der Waals surface area contributed by atoms with Crippen LogP contribution in [0.4, 0.5) is 0 Å². The quantitative estimate of drug-likeness (QED) is 0.540. The molecule has 3 nitrogen and oxygen atoms in total. The number of nitrogens with zero attached hydrogens (tertiary/aromatic N) is 2. The third-order valence-corrected chi connectivity index (χ3v) is 2.26. The molecule has 1 aliphatic heterocycles. The Bertz CT molecular complexity index is 156. The van der Waals surface area contributed by atoms with Crippen molar-refractivity contribution < 1.29 is 4.79 Å². The molecule has 0 aromatic rings. The van der Waals surface area contributed by atoms with Crippen LogP contribution >= 0.6 is 0 Å². The van der Waals surface area contributed by atoms with Gasteiger partial charge >= 0.3 is 0 Å². The first-order valence-electron chi connectivity index (χ1n) is 4.04. The molecule has 64 valence electrons. The maximum atomic E-state index is 11.5. The molecule has 0 aromatic heterocycles. The fraction of sp³-hybridized carbons (Fsp3) is 0.875. The summed E-state index contributed by atoms with van der Waals surface area (Å²) in [5, 5.41) is 0. The minimum Gasteiger partial charge on any atom is -0.344 e. The molecule has 1 heterocycles. The van der Waals surface area contributed by atoms with E-state index in [0.717, 1.165) is 19.4 Å². The molecule has 0 saturated carbocycles. The van der Waals surface area contributed by atoms with Crippen molar-refractivity contribution in [3.8, 4) is 0 Å². The van der Waals surface area contributed by atoms with E-state index in [4.69, 9.17) is 0 Å². The van der Waals surface area contributed by atoms with Crippen molar-refractivity contribution >= 4 is 5.91 Å². The van der Waals surface area contributed by atoms with E-state index in [1.807, 2.05) is 30.9 Å². The minimum atomic E-state index is 0.119. The fourth-order valence-corrected chi connectivity index (χ4v) is 1.49. The van der Waals surface area contributed by atoms with Crippen LogP contribution in [0.25, 0.3) is 0 Å². The number of likely N-dealkylation sites (tertiary alicyclic amines) is 1. The molecule has 0 aromatic carbocycles. The van der Waals surface area contributed by atoms with Crippen LogP contribution in [0.5, 0.6) is 0 Å². The predicted octanol–water partition coefficient (Wildman–Crippen LogP) is 0.169. The van der Waals surface area contributed by atoms with E-state index in [1.54, 1.807) is 0 Å². The van der Waals surface area contributed by atoms with Gasteiger partial charge in [0.05, 0.1) is 6.04 Å². The van der Waals surface area contributed by atoms with E-state index in [-0.39, 0.29) is 11.9 Å². The average molecular weight is 156 g/mol. The van der Waals surface area contributed by atoms with Crippen LogP contribution in [0, 0.1) is 0 Å². The smallest absolute Gasteiger partial charge is 0.239 e. The SMILES string of the molecule is CN1CCCC(N(C)C)C1=O. The van der Waals surface area contributed by atoms with Gasteiger partial charge in [0, 0.05) is 13.6 Å². The lowest BCUT2D eigenvalue weighted by Gasteiger charge is -2.32. The van der Waals surface area contributed by atoms with Crippen LogP contribution in [0.3, 0.4) is 0 Å². The van der Waals surface area contributed by atoms with Gasteiger partial charge in [0.2, 0.25) is 5.91 Å². The van der Waals surface area contributed by atoms with E-state index in [1.165, 1.54) is 0 Å². The van der Waals surface area contributed by atoms with Crippen molar-refractivity contribution in [2.75, 3.05) is 27.7 Å². The average Bonchev–Trinajstić information content (AvgIpc) is 1.94. The molecule has 0 spiro atoms. The second kappa shape index (κ2) is 3.22. The van der Waals surface area contributed by atoms with Gasteiger partial charge < -0.3 is 4.90 Å². The molecule has 1 amide bonds. The zero-order valence-corrected chi connectivity index (χ0v) is 7.50. The van der Waals surface area contributed by atoms with Gasteiger partial charge in [-0.15, -0.1) is 0 Å². The Morgan fingerprint density at radius 2 is 2.18 bits per heavy atom. The van der Waals surface area contributed by atoms with Crippen LogP contribution in [0.1, 0.15) is 12.8 Å². The maximum absolute atomic E-state index is 11.5. The highest BCUT2D eigenvalue weighted by molar-refractivity contribution is 5.82. The summed E-state index contributed by atoms with van der Waals surface area (Å²) in [6.45, 7) is 0.920. The van der Waals surface area contributed by atoms with Gasteiger partial charge in [-0.1, -0.05) is 0 Å². The van der Waals surface area contributed by atoms with Gasteiger partial charge in [-0.05, 0) is 26.9 Å². The molecular weight excluding hydrogens is 140 g/mol. The van der Waals surface area contributed by atoms with Crippen molar-refractivity contribution in [3.05, 3.63) is 0 Å². The molecule has 0 bridgehead atoms. The van der Waals surface area contributed by atoms with Crippen LogP contribution in [0.2, 0.25) is 0 Å². The van der Waals surface area contributed by atoms with Crippen LogP contribution in [-0.2, 0) is 4.79 Å². The topological polar surface area (TPSA) is 23.6 Å². The molecule has 0 N–H and O–H groups in total. The number of carbonyl (C=O) groups excluding carboxylic acids is 1. The van der Waals surface area contributed by atoms with E-state index in [0.29, 0.717) is 0 Å². The van der Waals surface area contributed by atoms with Gasteiger partial charge in [0.15, 0.2) is 0 Å². The first-order valence-corrected chi connectivity index (χ1v) is 4.04. The zero-order chi connectivity index (χ0) is 8.43. The molecule has 3 heteroatoms. The number of likely N-dealkylation sites (N-methyl/N-ethyl adjacent to an activating group) is 2. The minimum absolute atomic E-state index is 0.119. The summed E-state index contributed by atoms with van der Waals surface area (Å²) in [5.74, 6) is 0.265. The Hall–Kier alpha value is -0.570. The molecule has 0 radical (unpaired) electrons. The molecule has 1 fully saturated rings. The molecule has 1 aliphatic rings. The Morgan fingerprint density at radius 1 is 1.55 bits per heavy atom. The Morgan fingerprint density at radius 3 is 2.64 bits per heavy atom. The lowest BCUT2D eigenvalue weighted by Crippen LogP contribution is -2.48. The number of rotatable bonds is 1. The van der Waals surface area contributed by atoms with E-state index in [2.05, 4.69) is 0 Å². The molecule has 1 rings (SSSR count). The lowest BCUT2D eigenvalue weighted by atomic mass is 10.0. The Labute approximate surface area is 68.0 Å². The van der Waals surface area contributed by atoms with Gasteiger partial charge in [0.1, 0.15) is 0 Å². The van der Waals surface area contributed by atoms with Gasteiger partial charge in [0.25, 0.3) is 0 Å². The lowest BCUT2D eigenvalue weighted by molar-refractivity contribution is -0.137. The van der Waals surface area contributed by atoms with Crippen molar-refractivity contribution in [2.24, 2.45) is 0 Å². The van der Waals surface area contributed by atoms with Crippen LogP contribution in [-0.4, -0.2) is 49.4 Å². The molecule has 1 saturated heterocycles. The molecule has 11 heavy (non-hydrogen) atoms. The predicted molar refractivity (Wildman–Crippen MR) is 44.3 cm³/mol. The van der Waals surface area contributed by atoms with Crippen molar-refractivity contribution in [2.45, 2.75) is 18.9 Å². The summed E-state index contributed by atoms with van der Waals surface area (Å²) < 4.78 is 0. The maximum Gasteiger partial charge on any atom is 0.239 e. The van der Waals surface area contributed by atoms with E-state index >= 15 is 0 Å². The zero-order valence-electron chi connectivity index (χ0n) is 7.50. The van der Waals surface area contributed by atoms with Crippen molar-refractivity contribution in [1.29, 1.82) is 0 Å². The first kappa shape index (κ1) is 8.53. The Balaban J connectivity index is 2.58. The standard InChI is InChI=1S/C8H16N2O/c1-9(2)7-5-4-6-10(3)8(7)11/h7H,4-6H2,1-3H3. The third kappa shape index (κ3) is 1.71. The number of amides is 1. The first-order chi connectivity index (χ1) is 5.13. The highest BCUT2D eigenvalue weighted by Crippen LogP contribution is 2.12.